The van der Waals surface area contributed by atoms with Crippen molar-refractivity contribution in [2.45, 2.75) is 38.6 Å². The van der Waals surface area contributed by atoms with Crippen molar-refractivity contribution >= 4 is 40.4 Å². The topological polar surface area (TPSA) is 57.8 Å². The summed E-state index contributed by atoms with van der Waals surface area (Å²) < 4.78 is 20.2. The molecule has 1 N–H and O–H groups in total. The highest BCUT2D eigenvalue weighted by Gasteiger charge is 2.34. The second-order valence-electron chi connectivity index (χ2n) is 8.40. The SMILES string of the molecule is CC1CC(C)(C)N(C)c2cc(F)c(/C=N\NC(=O)c3cc4cc(Cl)ccc4o3)cc21. The molecule has 156 valence electrons. The Labute approximate surface area is 179 Å². The van der Waals surface area contributed by atoms with E-state index in [1.54, 1.807) is 36.4 Å². The molecule has 5 nitrogen and oxygen atoms in total. The van der Waals surface area contributed by atoms with Crippen LogP contribution in [-0.4, -0.2) is 24.7 Å². The number of amides is 1. The summed E-state index contributed by atoms with van der Waals surface area (Å²) in [4.78, 5) is 14.4. The van der Waals surface area contributed by atoms with E-state index in [0.29, 0.717) is 16.2 Å². The highest BCUT2D eigenvalue weighted by Crippen LogP contribution is 2.43. The van der Waals surface area contributed by atoms with Gasteiger partial charge in [-0.25, -0.2) is 9.82 Å². The lowest BCUT2D eigenvalue weighted by atomic mass is 9.80. The zero-order valence-electron chi connectivity index (χ0n) is 17.3. The number of anilines is 1. The van der Waals surface area contributed by atoms with Crippen LogP contribution in [0, 0.1) is 5.82 Å². The second kappa shape index (κ2) is 7.43. The van der Waals surface area contributed by atoms with E-state index in [9.17, 15) is 9.18 Å². The van der Waals surface area contributed by atoms with E-state index in [1.807, 2.05) is 7.05 Å². The quantitative estimate of drug-likeness (QED) is 0.430. The monoisotopic (exact) mass is 427 g/mol. The van der Waals surface area contributed by atoms with Crippen LogP contribution in [0.5, 0.6) is 0 Å². The van der Waals surface area contributed by atoms with E-state index in [4.69, 9.17) is 16.0 Å². The van der Waals surface area contributed by atoms with E-state index in [-0.39, 0.29) is 23.0 Å². The Morgan fingerprint density at radius 1 is 1.33 bits per heavy atom. The fourth-order valence-electron chi connectivity index (χ4n) is 4.05. The molecule has 1 aliphatic rings. The predicted molar refractivity (Wildman–Crippen MR) is 118 cm³/mol. The standard InChI is InChI=1S/C23H23ClFN3O2/c1-13-11-23(2,3)28(4)19-10-18(25)15(8-17(13)19)12-26-27-22(29)21-9-14-7-16(24)5-6-20(14)30-21/h5-10,12-13H,11H2,1-4H3,(H,27,29)/b26-12-. The molecule has 2 heterocycles. The molecule has 4 rings (SSSR count). The van der Waals surface area contributed by atoms with Crippen LogP contribution in [0.3, 0.4) is 0 Å². The number of benzene rings is 2. The number of nitrogens with zero attached hydrogens (tertiary/aromatic N) is 2. The van der Waals surface area contributed by atoms with E-state index in [0.717, 1.165) is 23.1 Å². The van der Waals surface area contributed by atoms with Crippen molar-refractivity contribution in [3.8, 4) is 0 Å². The van der Waals surface area contributed by atoms with Gasteiger partial charge in [0.25, 0.3) is 0 Å². The lowest BCUT2D eigenvalue weighted by Gasteiger charge is -2.45. The minimum absolute atomic E-state index is 0.0424. The molecule has 1 amide bonds. The molecule has 1 atom stereocenters. The Kier molecular flexibility index (Phi) is 5.06. The summed E-state index contributed by atoms with van der Waals surface area (Å²) in [6.45, 7) is 6.45. The molecule has 1 aromatic heterocycles. The summed E-state index contributed by atoms with van der Waals surface area (Å²) >= 11 is 5.95. The summed E-state index contributed by atoms with van der Waals surface area (Å²) in [6, 6.07) is 10.0. The summed E-state index contributed by atoms with van der Waals surface area (Å²) in [5.74, 6) is -0.516. The molecular formula is C23H23ClFN3O2. The van der Waals surface area contributed by atoms with Gasteiger partial charge in [0, 0.05) is 34.2 Å². The largest absolute Gasteiger partial charge is 0.451 e. The maximum atomic E-state index is 14.7. The highest BCUT2D eigenvalue weighted by molar-refractivity contribution is 6.31. The number of nitrogens with one attached hydrogen (secondary N) is 1. The fraction of sp³-hybridized carbons (Fsp3) is 0.304. The summed E-state index contributed by atoms with van der Waals surface area (Å²) in [5, 5.41) is 5.20. The number of carbonyl (C=O) groups is 1. The minimum Gasteiger partial charge on any atom is -0.451 e. The Hall–Kier alpha value is -2.86. The van der Waals surface area contributed by atoms with Gasteiger partial charge in [-0.3, -0.25) is 4.79 Å². The molecular weight excluding hydrogens is 405 g/mol. The van der Waals surface area contributed by atoms with Crippen molar-refractivity contribution in [3.63, 3.8) is 0 Å². The molecule has 0 aliphatic carbocycles. The average molecular weight is 428 g/mol. The van der Waals surface area contributed by atoms with Crippen molar-refractivity contribution < 1.29 is 13.6 Å². The third-order valence-corrected chi connectivity index (χ3v) is 6.06. The van der Waals surface area contributed by atoms with Crippen LogP contribution in [0.1, 0.15) is 54.8 Å². The van der Waals surface area contributed by atoms with Crippen LogP contribution in [0.25, 0.3) is 11.0 Å². The molecule has 0 saturated heterocycles. The van der Waals surface area contributed by atoms with Crippen LogP contribution in [0.15, 0.2) is 45.9 Å². The Morgan fingerprint density at radius 3 is 2.87 bits per heavy atom. The second-order valence-corrected chi connectivity index (χ2v) is 8.84. The molecule has 0 fully saturated rings. The van der Waals surface area contributed by atoms with Crippen LogP contribution in [0.2, 0.25) is 5.02 Å². The first-order chi connectivity index (χ1) is 14.2. The molecule has 0 bridgehead atoms. The number of carbonyl (C=O) groups excluding carboxylic acids is 1. The number of hydrogen-bond acceptors (Lipinski definition) is 4. The third-order valence-electron chi connectivity index (χ3n) is 5.82. The van der Waals surface area contributed by atoms with Crippen LogP contribution in [-0.2, 0) is 0 Å². The maximum absolute atomic E-state index is 14.7. The summed E-state index contributed by atoms with van der Waals surface area (Å²) in [5.41, 5.74) is 5.18. The lowest BCUT2D eigenvalue weighted by Crippen LogP contribution is -2.45. The van der Waals surface area contributed by atoms with E-state index < -0.39 is 5.91 Å². The van der Waals surface area contributed by atoms with Crippen LogP contribution in [0.4, 0.5) is 10.1 Å². The maximum Gasteiger partial charge on any atom is 0.307 e. The molecule has 1 unspecified atom stereocenters. The van der Waals surface area contributed by atoms with Crippen molar-refractivity contribution in [2.24, 2.45) is 5.10 Å². The number of fused-ring (bicyclic) bond motifs is 2. The number of halogens is 2. The number of hydrogen-bond donors (Lipinski definition) is 1. The van der Waals surface area contributed by atoms with Gasteiger partial charge in [-0.2, -0.15) is 5.10 Å². The first-order valence-electron chi connectivity index (χ1n) is 9.75. The highest BCUT2D eigenvalue weighted by atomic mass is 35.5. The van der Waals surface area contributed by atoms with E-state index in [2.05, 4.69) is 36.2 Å². The normalized spacial score (nSPS) is 18.1. The zero-order chi connectivity index (χ0) is 21.6. The number of rotatable bonds is 3. The van der Waals surface area contributed by atoms with Gasteiger partial charge >= 0.3 is 5.91 Å². The van der Waals surface area contributed by atoms with Crippen molar-refractivity contribution in [1.29, 1.82) is 0 Å². The Morgan fingerprint density at radius 2 is 2.10 bits per heavy atom. The molecule has 30 heavy (non-hydrogen) atoms. The van der Waals surface area contributed by atoms with Gasteiger partial charge in [-0.1, -0.05) is 18.5 Å². The first-order valence-corrected chi connectivity index (χ1v) is 10.1. The molecule has 7 heteroatoms. The van der Waals surface area contributed by atoms with Crippen LogP contribution < -0.4 is 10.3 Å². The van der Waals surface area contributed by atoms with Gasteiger partial charge in [-0.05, 0) is 68.1 Å². The molecule has 1 aliphatic heterocycles. The van der Waals surface area contributed by atoms with E-state index >= 15 is 0 Å². The first kappa shape index (κ1) is 20.4. The minimum atomic E-state index is -0.521. The predicted octanol–water partition coefficient (Wildman–Crippen LogP) is 5.71. The number of furan rings is 1. The van der Waals surface area contributed by atoms with Gasteiger partial charge < -0.3 is 9.32 Å². The zero-order valence-corrected chi connectivity index (χ0v) is 18.0. The average Bonchev–Trinajstić information content (AvgIpc) is 3.10. The van der Waals surface area contributed by atoms with Crippen molar-refractivity contribution in [3.05, 3.63) is 64.1 Å². The molecule has 2 aromatic carbocycles. The lowest BCUT2D eigenvalue weighted by molar-refractivity contribution is 0.0929. The summed E-state index contributed by atoms with van der Waals surface area (Å²) in [7, 11) is 1.98. The molecule has 0 spiro atoms. The van der Waals surface area contributed by atoms with E-state index in [1.165, 1.54) is 6.21 Å². The van der Waals surface area contributed by atoms with Crippen molar-refractivity contribution in [2.75, 3.05) is 11.9 Å². The molecule has 0 saturated carbocycles. The van der Waals surface area contributed by atoms with Gasteiger partial charge in [0.05, 0.1) is 6.21 Å². The smallest absolute Gasteiger partial charge is 0.307 e. The Bertz CT molecular complexity index is 1170. The number of hydrazone groups is 1. The molecule has 3 aromatic rings. The van der Waals surface area contributed by atoms with Gasteiger partial charge in [0.1, 0.15) is 11.4 Å². The third kappa shape index (κ3) is 3.67. The fourth-order valence-corrected chi connectivity index (χ4v) is 4.23. The van der Waals surface area contributed by atoms with Crippen LogP contribution >= 0.6 is 11.6 Å². The van der Waals surface area contributed by atoms with Crippen molar-refractivity contribution in [1.82, 2.24) is 5.43 Å². The van der Waals surface area contributed by atoms with Gasteiger partial charge in [0.2, 0.25) is 0 Å². The summed E-state index contributed by atoms with van der Waals surface area (Å²) in [6.07, 6.45) is 2.28. The Balaban J connectivity index is 1.54. The molecule has 0 radical (unpaired) electrons. The van der Waals surface area contributed by atoms with Gasteiger partial charge in [0.15, 0.2) is 5.76 Å². The van der Waals surface area contributed by atoms with Gasteiger partial charge in [-0.15, -0.1) is 0 Å².